The summed E-state index contributed by atoms with van der Waals surface area (Å²) in [5.74, 6) is 0.378. The molecule has 21 heavy (non-hydrogen) atoms. The SMILES string of the molecule is Cc1ccc(NC(N)=NCc2ccc(Cl)nc2)cc1C.I. The van der Waals surface area contributed by atoms with E-state index in [1.807, 2.05) is 24.3 Å². The molecule has 0 bridgehead atoms. The highest BCUT2D eigenvalue weighted by molar-refractivity contribution is 14.0. The van der Waals surface area contributed by atoms with Crippen LogP contribution in [0.1, 0.15) is 16.7 Å². The van der Waals surface area contributed by atoms with Gasteiger partial charge in [0.1, 0.15) is 5.15 Å². The minimum atomic E-state index is 0. The van der Waals surface area contributed by atoms with Crippen LogP contribution >= 0.6 is 35.6 Å². The first-order valence-electron chi connectivity index (χ1n) is 6.29. The number of aryl methyl sites for hydroxylation is 2. The van der Waals surface area contributed by atoms with Crippen molar-refractivity contribution in [3.05, 3.63) is 58.4 Å². The topological polar surface area (TPSA) is 63.3 Å². The molecule has 0 amide bonds. The summed E-state index contributed by atoms with van der Waals surface area (Å²) < 4.78 is 0. The van der Waals surface area contributed by atoms with Crippen LogP contribution in [0.3, 0.4) is 0 Å². The summed E-state index contributed by atoms with van der Waals surface area (Å²) in [7, 11) is 0. The number of aliphatic imine (C=N–C) groups is 1. The van der Waals surface area contributed by atoms with Crippen molar-refractivity contribution in [1.82, 2.24) is 4.98 Å². The lowest BCUT2D eigenvalue weighted by atomic mass is 10.1. The van der Waals surface area contributed by atoms with Crippen LogP contribution in [0.2, 0.25) is 5.15 Å². The Balaban J connectivity index is 0.00000220. The third kappa shape index (κ3) is 5.51. The normalized spacial score (nSPS) is 10.9. The molecule has 2 rings (SSSR count). The second-order valence-electron chi connectivity index (χ2n) is 4.61. The lowest BCUT2D eigenvalue weighted by Crippen LogP contribution is -2.22. The van der Waals surface area contributed by atoms with Gasteiger partial charge in [-0.15, -0.1) is 24.0 Å². The number of guanidine groups is 1. The van der Waals surface area contributed by atoms with E-state index in [0.717, 1.165) is 11.3 Å². The van der Waals surface area contributed by atoms with E-state index >= 15 is 0 Å². The van der Waals surface area contributed by atoms with Gasteiger partial charge in [-0.3, -0.25) is 0 Å². The maximum absolute atomic E-state index is 5.86. The van der Waals surface area contributed by atoms with Crippen molar-refractivity contribution in [2.45, 2.75) is 20.4 Å². The number of nitrogens with two attached hydrogens (primary N) is 1. The minimum Gasteiger partial charge on any atom is -0.370 e. The number of rotatable bonds is 3. The van der Waals surface area contributed by atoms with Gasteiger partial charge in [-0.2, -0.15) is 0 Å². The quantitative estimate of drug-likeness (QED) is 0.345. The van der Waals surface area contributed by atoms with Crippen LogP contribution in [0, 0.1) is 13.8 Å². The van der Waals surface area contributed by atoms with Crippen molar-refractivity contribution < 1.29 is 0 Å². The first-order chi connectivity index (χ1) is 9.54. The van der Waals surface area contributed by atoms with Crippen LogP contribution in [-0.4, -0.2) is 10.9 Å². The lowest BCUT2D eigenvalue weighted by Gasteiger charge is -2.08. The molecule has 1 aromatic carbocycles. The van der Waals surface area contributed by atoms with Crippen molar-refractivity contribution in [2.75, 3.05) is 5.32 Å². The number of pyridine rings is 1. The Morgan fingerprint density at radius 1 is 1.24 bits per heavy atom. The van der Waals surface area contributed by atoms with Crippen molar-refractivity contribution in [2.24, 2.45) is 10.7 Å². The molecule has 2 aromatic rings. The molecule has 0 aliphatic heterocycles. The molecule has 0 spiro atoms. The van der Waals surface area contributed by atoms with E-state index in [4.69, 9.17) is 17.3 Å². The molecule has 1 aromatic heterocycles. The second-order valence-corrected chi connectivity index (χ2v) is 5.00. The van der Waals surface area contributed by atoms with Crippen molar-refractivity contribution in [3.63, 3.8) is 0 Å². The molecule has 112 valence electrons. The Morgan fingerprint density at radius 2 is 2.00 bits per heavy atom. The summed E-state index contributed by atoms with van der Waals surface area (Å²) in [5.41, 5.74) is 10.2. The van der Waals surface area contributed by atoms with Crippen LogP contribution in [-0.2, 0) is 6.54 Å². The number of aromatic nitrogens is 1. The van der Waals surface area contributed by atoms with E-state index in [1.54, 1.807) is 12.3 Å². The highest BCUT2D eigenvalue weighted by Crippen LogP contribution is 2.14. The highest BCUT2D eigenvalue weighted by atomic mass is 127. The minimum absolute atomic E-state index is 0. The zero-order valence-corrected chi connectivity index (χ0v) is 15.0. The first kappa shape index (κ1) is 17.7. The molecule has 0 radical (unpaired) electrons. The van der Waals surface area contributed by atoms with Gasteiger partial charge in [-0.05, 0) is 48.7 Å². The van der Waals surface area contributed by atoms with E-state index in [1.165, 1.54) is 11.1 Å². The summed E-state index contributed by atoms with van der Waals surface area (Å²) in [6, 6.07) is 9.69. The standard InChI is InChI=1S/C15H17ClN4.HI/c1-10-3-5-13(7-11(10)2)20-15(17)19-9-12-4-6-14(16)18-8-12;/h3-8H,9H2,1-2H3,(H3,17,19,20);1H. The maximum atomic E-state index is 5.86. The van der Waals surface area contributed by atoms with Crippen molar-refractivity contribution in [1.29, 1.82) is 0 Å². The van der Waals surface area contributed by atoms with Crippen molar-refractivity contribution in [3.8, 4) is 0 Å². The smallest absolute Gasteiger partial charge is 0.193 e. The van der Waals surface area contributed by atoms with Gasteiger partial charge in [-0.1, -0.05) is 23.7 Å². The molecule has 0 fully saturated rings. The summed E-state index contributed by atoms with van der Waals surface area (Å²) in [4.78, 5) is 8.27. The monoisotopic (exact) mass is 416 g/mol. The third-order valence-corrected chi connectivity index (χ3v) is 3.22. The third-order valence-electron chi connectivity index (χ3n) is 3.00. The number of benzene rings is 1. The largest absolute Gasteiger partial charge is 0.370 e. The number of hydrogen-bond donors (Lipinski definition) is 2. The fourth-order valence-electron chi connectivity index (χ4n) is 1.68. The van der Waals surface area contributed by atoms with Crippen LogP contribution in [0.4, 0.5) is 5.69 Å². The van der Waals surface area contributed by atoms with Gasteiger partial charge in [-0.25, -0.2) is 9.98 Å². The number of nitrogens with zero attached hydrogens (tertiary/aromatic N) is 2. The van der Waals surface area contributed by atoms with Crippen LogP contribution in [0.15, 0.2) is 41.5 Å². The Labute approximate surface area is 146 Å². The van der Waals surface area contributed by atoms with Gasteiger partial charge < -0.3 is 11.1 Å². The van der Waals surface area contributed by atoms with Gasteiger partial charge in [0.25, 0.3) is 0 Å². The molecular weight excluding hydrogens is 399 g/mol. The number of anilines is 1. The molecular formula is C15H18ClIN4. The molecule has 0 saturated heterocycles. The molecule has 0 saturated carbocycles. The van der Waals surface area contributed by atoms with E-state index in [2.05, 4.69) is 29.1 Å². The zero-order chi connectivity index (χ0) is 14.5. The van der Waals surface area contributed by atoms with Gasteiger partial charge in [0.2, 0.25) is 0 Å². The Hall–Kier alpha value is -1.34. The van der Waals surface area contributed by atoms with Gasteiger partial charge in [0.15, 0.2) is 5.96 Å². The number of halogens is 2. The van der Waals surface area contributed by atoms with Crippen molar-refractivity contribution >= 4 is 47.2 Å². The molecule has 0 aliphatic rings. The van der Waals surface area contributed by atoms with Crippen LogP contribution in [0.25, 0.3) is 0 Å². The summed E-state index contributed by atoms with van der Waals surface area (Å²) in [5, 5.41) is 3.54. The number of hydrogen-bond acceptors (Lipinski definition) is 2. The predicted octanol–water partition coefficient (Wildman–Crippen LogP) is 3.90. The van der Waals surface area contributed by atoms with E-state index in [-0.39, 0.29) is 24.0 Å². The molecule has 6 heteroatoms. The summed E-state index contributed by atoms with van der Waals surface area (Å²) in [6.07, 6.45) is 1.69. The van der Waals surface area contributed by atoms with Gasteiger partial charge >= 0.3 is 0 Å². The number of nitrogens with one attached hydrogen (secondary N) is 1. The average molecular weight is 417 g/mol. The first-order valence-corrected chi connectivity index (χ1v) is 6.67. The molecule has 0 aliphatic carbocycles. The Kier molecular flexibility index (Phi) is 6.91. The van der Waals surface area contributed by atoms with E-state index in [0.29, 0.717) is 17.7 Å². The summed E-state index contributed by atoms with van der Waals surface area (Å²) >= 11 is 5.73. The predicted molar refractivity (Wildman–Crippen MR) is 99.5 cm³/mol. The fourth-order valence-corrected chi connectivity index (χ4v) is 1.79. The van der Waals surface area contributed by atoms with Gasteiger partial charge in [0.05, 0.1) is 6.54 Å². The Bertz CT molecular complexity index is 626. The second kappa shape index (κ2) is 8.19. The summed E-state index contributed by atoms with van der Waals surface area (Å²) in [6.45, 7) is 4.60. The molecule has 0 atom stereocenters. The molecule has 1 heterocycles. The Morgan fingerprint density at radius 3 is 2.62 bits per heavy atom. The average Bonchev–Trinajstić information content (AvgIpc) is 2.42. The van der Waals surface area contributed by atoms with E-state index < -0.39 is 0 Å². The van der Waals surface area contributed by atoms with E-state index in [9.17, 15) is 0 Å². The lowest BCUT2D eigenvalue weighted by molar-refractivity contribution is 1.04. The molecule has 3 N–H and O–H groups in total. The van der Waals surface area contributed by atoms with Gasteiger partial charge in [0, 0.05) is 11.9 Å². The molecule has 0 unspecified atom stereocenters. The fraction of sp³-hybridized carbons (Fsp3) is 0.200. The van der Waals surface area contributed by atoms with Crippen LogP contribution in [0.5, 0.6) is 0 Å². The maximum Gasteiger partial charge on any atom is 0.193 e. The van der Waals surface area contributed by atoms with Crippen LogP contribution < -0.4 is 11.1 Å². The highest BCUT2D eigenvalue weighted by Gasteiger charge is 1.98. The molecule has 4 nitrogen and oxygen atoms in total. The zero-order valence-electron chi connectivity index (χ0n) is 11.9.